The van der Waals surface area contributed by atoms with Gasteiger partial charge in [0.2, 0.25) is 0 Å². The Labute approximate surface area is 148 Å². The summed E-state index contributed by atoms with van der Waals surface area (Å²) in [6.07, 6.45) is 2.52. The molecule has 1 aromatic heterocycles. The first-order chi connectivity index (χ1) is 12.0. The molecule has 1 saturated carbocycles. The number of rotatable bonds is 4. The lowest BCUT2D eigenvalue weighted by molar-refractivity contribution is 0.410. The third kappa shape index (κ3) is 2.94. The van der Waals surface area contributed by atoms with Crippen LogP contribution in [0.4, 0.5) is 0 Å². The molecule has 1 saturated heterocycles. The highest BCUT2D eigenvalue weighted by atomic mass is 32.2. The van der Waals surface area contributed by atoms with Gasteiger partial charge in [-0.3, -0.25) is 0 Å². The fourth-order valence-electron chi connectivity index (χ4n) is 4.32. The molecule has 2 fully saturated rings. The van der Waals surface area contributed by atoms with Gasteiger partial charge in [-0.1, -0.05) is 19.1 Å². The van der Waals surface area contributed by atoms with Crippen LogP contribution in [0.15, 0.2) is 24.3 Å². The average Bonchev–Trinajstić information content (AvgIpc) is 3.24. The van der Waals surface area contributed by atoms with Crippen molar-refractivity contribution in [3.8, 4) is 11.4 Å². The van der Waals surface area contributed by atoms with Crippen molar-refractivity contribution in [2.75, 3.05) is 18.6 Å². The molecule has 6 nitrogen and oxygen atoms in total. The Morgan fingerprint density at radius 3 is 2.52 bits per heavy atom. The molecule has 2 aromatic rings. The molecule has 1 aromatic carbocycles. The fourth-order valence-corrected chi connectivity index (χ4v) is 6.57. The lowest BCUT2D eigenvalue weighted by atomic mass is 10.0. The predicted molar refractivity (Wildman–Crippen MR) is 94.9 cm³/mol. The minimum absolute atomic E-state index is 0.253. The van der Waals surface area contributed by atoms with Crippen LogP contribution in [0.5, 0.6) is 5.75 Å². The van der Waals surface area contributed by atoms with Gasteiger partial charge in [0.25, 0.3) is 0 Å². The topological polar surface area (TPSA) is 74.1 Å². The first-order valence-corrected chi connectivity index (χ1v) is 10.6. The number of aromatic nitrogens is 3. The maximum atomic E-state index is 11.9. The summed E-state index contributed by atoms with van der Waals surface area (Å²) in [5.74, 6) is 3.96. The largest absolute Gasteiger partial charge is 0.494 e. The number of nitrogens with zero attached hydrogens (tertiary/aromatic N) is 3. The SMILES string of the molecule is CCc1nc(C2C[C@@H]3CS(=O)(=O)C[C@@H]3C2)n(-c2ccccc2OC)n1. The van der Waals surface area contributed by atoms with Gasteiger partial charge >= 0.3 is 0 Å². The van der Waals surface area contributed by atoms with Gasteiger partial charge in [0.15, 0.2) is 15.7 Å². The smallest absolute Gasteiger partial charge is 0.151 e. The third-order valence-electron chi connectivity index (χ3n) is 5.45. The van der Waals surface area contributed by atoms with Crippen molar-refractivity contribution in [3.63, 3.8) is 0 Å². The van der Waals surface area contributed by atoms with E-state index in [-0.39, 0.29) is 17.8 Å². The van der Waals surface area contributed by atoms with Crippen molar-refractivity contribution >= 4 is 9.84 Å². The summed E-state index contributed by atoms with van der Waals surface area (Å²) in [6, 6.07) is 7.80. The molecule has 2 heterocycles. The lowest BCUT2D eigenvalue weighted by Crippen LogP contribution is -2.11. The van der Waals surface area contributed by atoms with Gasteiger partial charge in [-0.25, -0.2) is 18.1 Å². The normalized spacial score (nSPS) is 27.4. The minimum Gasteiger partial charge on any atom is -0.494 e. The van der Waals surface area contributed by atoms with Crippen molar-refractivity contribution in [1.29, 1.82) is 0 Å². The quantitative estimate of drug-likeness (QED) is 0.836. The number of hydrogen-bond acceptors (Lipinski definition) is 5. The van der Waals surface area contributed by atoms with Crippen LogP contribution in [-0.4, -0.2) is 41.8 Å². The number of para-hydroxylation sites is 2. The molecule has 1 aliphatic carbocycles. The van der Waals surface area contributed by atoms with E-state index in [4.69, 9.17) is 9.72 Å². The monoisotopic (exact) mass is 361 g/mol. The predicted octanol–water partition coefficient (Wildman–Crippen LogP) is 2.38. The Morgan fingerprint density at radius 2 is 1.88 bits per heavy atom. The van der Waals surface area contributed by atoms with E-state index in [0.29, 0.717) is 11.5 Å². The standard InChI is InChI=1S/C18H23N3O3S/c1-3-17-19-18(12-8-13-10-25(22,23)11-14(13)9-12)21(20-17)15-6-4-5-7-16(15)24-2/h4-7,12-14H,3,8-11H2,1-2H3/t12?,13-,14+. The summed E-state index contributed by atoms with van der Waals surface area (Å²) in [5.41, 5.74) is 0.886. The summed E-state index contributed by atoms with van der Waals surface area (Å²) in [6.45, 7) is 2.04. The summed E-state index contributed by atoms with van der Waals surface area (Å²) in [5, 5.41) is 4.68. The Bertz CT molecular complexity index is 871. The average molecular weight is 361 g/mol. The number of fused-ring (bicyclic) bond motifs is 1. The maximum Gasteiger partial charge on any atom is 0.151 e. The van der Waals surface area contributed by atoms with E-state index in [0.717, 1.165) is 42.3 Å². The van der Waals surface area contributed by atoms with Gasteiger partial charge in [0.1, 0.15) is 17.3 Å². The molecule has 0 bridgehead atoms. The zero-order valence-corrected chi connectivity index (χ0v) is 15.4. The van der Waals surface area contributed by atoms with Crippen LogP contribution in [0.1, 0.15) is 37.3 Å². The molecule has 0 N–H and O–H groups in total. The molecule has 0 radical (unpaired) electrons. The van der Waals surface area contributed by atoms with E-state index < -0.39 is 9.84 Å². The highest BCUT2D eigenvalue weighted by Crippen LogP contribution is 2.47. The van der Waals surface area contributed by atoms with Crippen molar-refractivity contribution < 1.29 is 13.2 Å². The van der Waals surface area contributed by atoms with E-state index in [9.17, 15) is 8.42 Å². The maximum absolute atomic E-state index is 11.9. The summed E-state index contributed by atoms with van der Waals surface area (Å²) in [4.78, 5) is 4.77. The highest BCUT2D eigenvalue weighted by molar-refractivity contribution is 7.91. The number of hydrogen-bond donors (Lipinski definition) is 0. The van der Waals surface area contributed by atoms with Gasteiger partial charge in [-0.05, 0) is 36.8 Å². The van der Waals surface area contributed by atoms with Gasteiger partial charge in [0.05, 0.1) is 18.6 Å². The van der Waals surface area contributed by atoms with Crippen molar-refractivity contribution in [1.82, 2.24) is 14.8 Å². The molecule has 7 heteroatoms. The van der Waals surface area contributed by atoms with Crippen LogP contribution in [-0.2, 0) is 16.3 Å². The summed E-state index contributed by atoms with van der Waals surface area (Å²) < 4.78 is 31.1. The summed E-state index contributed by atoms with van der Waals surface area (Å²) >= 11 is 0. The Kier molecular flexibility index (Phi) is 4.06. The molecule has 0 amide bonds. The second-order valence-electron chi connectivity index (χ2n) is 7.09. The minimum atomic E-state index is -2.85. The van der Waals surface area contributed by atoms with Crippen LogP contribution >= 0.6 is 0 Å². The van der Waals surface area contributed by atoms with Gasteiger partial charge in [-0.2, -0.15) is 5.10 Å². The van der Waals surface area contributed by atoms with Crippen molar-refractivity contribution in [2.24, 2.45) is 11.8 Å². The fraction of sp³-hybridized carbons (Fsp3) is 0.556. The molecule has 0 spiro atoms. The zero-order valence-electron chi connectivity index (χ0n) is 14.6. The zero-order chi connectivity index (χ0) is 17.6. The molecule has 25 heavy (non-hydrogen) atoms. The van der Waals surface area contributed by atoms with Gasteiger partial charge in [0, 0.05) is 12.3 Å². The van der Waals surface area contributed by atoms with E-state index in [2.05, 4.69) is 5.10 Å². The van der Waals surface area contributed by atoms with Gasteiger partial charge in [-0.15, -0.1) is 0 Å². The highest BCUT2D eigenvalue weighted by Gasteiger charge is 2.46. The third-order valence-corrected chi connectivity index (χ3v) is 7.32. The lowest BCUT2D eigenvalue weighted by Gasteiger charge is -2.14. The van der Waals surface area contributed by atoms with Crippen molar-refractivity contribution in [3.05, 3.63) is 35.9 Å². The number of benzene rings is 1. The first-order valence-electron chi connectivity index (χ1n) is 8.80. The number of aryl methyl sites for hydroxylation is 1. The molecule has 1 aliphatic heterocycles. The second kappa shape index (κ2) is 6.12. The van der Waals surface area contributed by atoms with E-state index in [1.54, 1.807) is 7.11 Å². The van der Waals surface area contributed by atoms with E-state index in [1.807, 2.05) is 35.9 Å². The first kappa shape index (κ1) is 16.6. The molecule has 1 unspecified atom stereocenters. The summed E-state index contributed by atoms with van der Waals surface area (Å²) in [7, 11) is -1.19. The Morgan fingerprint density at radius 1 is 1.20 bits per heavy atom. The molecule has 134 valence electrons. The van der Waals surface area contributed by atoms with Crippen LogP contribution in [0.2, 0.25) is 0 Å². The van der Waals surface area contributed by atoms with Crippen molar-refractivity contribution in [2.45, 2.75) is 32.1 Å². The van der Waals surface area contributed by atoms with Crippen LogP contribution in [0.25, 0.3) is 5.69 Å². The van der Waals surface area contributed by atoms with Crippen LogP contribution < -0.4 is 4.74 Å². The van der Waals surface area contributed by atoms with E-state index in [1.165, 1.54) is 0 Å². The molecule has 4 rings (SSSR count). The second-order valence-corrected chi connectivity index (χ2v) is 9.24. The molecule has 3 atom stereocenters. The van der Waals surface area contributed by atoms with Crippen LogP contribution in [0, 0.1) is 11.8 Å². The number of ether oxygens (including phenoxy) is 1. The Balaban J connectivity index is 1.71. The molecular formula is C18H23N3O3S. The van der Waals surface area contributed by atoms with Crippen LogP contribution in [0.3, 0.4) is 0 Å². The van der Waals surface area contributed by atoms with Gasteiger partial charge < -0.3 is 4.74 Å². The number of methoxy groups -OCH3 is 1. The molecular weight excluding hydrogens is 338 g/mol. The Hall–Kier alpha value is -1.89. The van der Waals surface area contributed by atoms with E-state index >= 15 is 0 Å². The number of sulfone groups is 1. The molecule has 2 aliphatic rings.